The molecule has 24 heavy (non-hydrogen) atoms. The molecule has 5 heteroatoms. The molecule has 0 unspecified atom stereocenters. The van der Waals surface area contributed by atoms with E-state index in [0.717, 1.165) is 33.3 Å². The zero-order valence-corrected chi connectivity index (χ0v) is 14.9. The highest BCUT2D eigenvalue weighted by Crippen LogP contribution is 2.32. The highest BCUT2D eigenvalue weighted by atomic mass is 32.1. The van der Waals surface area contributed by atoms with E-state index in [2.05, 4.69) is 70.0 Å². The topological polar surface area (TPSA) is 41.7 Å². The Morgan fingerprint density at radius 2 is 2.21 bits per heavy atom. The van der Waals surface area contributed by atoms with Crippen LogP contribution in [-0.4, -0.2) is 16.1 Å². The number of hydrogen-bond donors (Lipinski definition) is 1. The van der Waals surface area contributed by atoms with Gasteiger partial charge in [-0.15, -0.1) is 11.3 Å². The van der Waals surface area contributed by atoms with Gasteiger partial charge in [-0.3, -0.25) is 9.39 Å². The Kier molecular flexibility index (Phi) is 4.62. The lowest BCUT2D eigenvalue weighted by atomic mass is 10.2. The van der Waals surface area contributed by atoms with Crippen LogP contribution in [0.15, 0.2) is 58.8 Å². The first kappa shape index (κ1) is 16.2. The zero-order valence-electron chi connectivity index (χ0n) is 14.1. The van der Waals surface area contributed by atoms with Crippen molar-refractivity contribution in [1.29, 1.82) is 0 Å². The Labute approximate surface area is 145 Å². The fourth-order valence-corrected chi connectivity index (χ4v) is 3.48. The van der Waals surface area contributed by atoms with Crippen LogP contribution >= 0.6 is 11.3 Å². The molecule has 0 radical (unpaired) electrons. The average molecular weight is 336 g/mol. The normalized spacial score (nSPS) is 12.2. The molecule has 0 fully saturated rings. The molecule has 3 aromatic heterocycles. The second-order valence-electron chi connectivity index (χ2n) is 5.57. The van der Waals surface area contributed by atoms with Crippen molar-refractivity contribution in [2.75, 3.05) is 5.32 Å². The summed E-state index contributed by atoms with van der Waals surface area (Å²) in [7, 11) is 0. The lowest BCUT2D eigenvalue weighted by Gasteiger charge is -2.03. The van der Waals surface area contributed by atoms with E-state index in [4.69, 9.17) is 0 Å². The number of aromatic nitrogens is 2. The summed E-state index contributed by atoms with van der Waals surface area (Å²) in [6.07, 6.45) is 7.78. The monoisotopic (exact) mass is 336 g/mol. The molecule has 0 aromatic carbocycles. The summed E-state index contributed by atoms with van der Waals surface area (Å²) in [5.74, 6) is 0. The largest absolute Gasteiger partial charge is 0.346 e. The summed E-state index contributed by atoms with van der Waals surface area (Å²) in [6.45, 7) is 9.63. The van der Waals surface area contributed by atoms with E-state index in [1.54, 1.807) is 17.5 Å². The minimum absolute atomic E-state index is 0.909. The SMILES string of the molecule is C=N/C=C(\C=C/C)Nc1cc(-c2c(C)nc3ccc(C)cn23)cs1. The van der Waals surface area contributed by atoms with Gasteiger partial charge in [-0.1, -0.05) is 12.1 Å². The number of anilines is 1. The van der Waals surface area contributed by atoms with Gasteiger partial charge in [-0.25, -0.2) is 4.98 Å². The van der Waals surface area contributed by atoms with Crippen LogP contribution in [0.5, 0.6) is 0 Å². The van der Waals surface area contributed by atoms with Crippen molar-refractivity contribution in [2.24, 2.45) is 4.99 Å². The van der Waals surface area contributed by atoms with Crippen molar-refractivity contribution >= 4 is 28.7 Å². The van der Waals surface area contributed by atoms with Crippen LogP contribution < -0.4 is 5.32 Å². The molecule has 3 heterocycles. The molecular formula is C19H20N4S. The van der Waals surface area contributed by atoms with Gasteiger partial charge in [0.25, 0.3) is 0 Å². The van der Waals surface area contributed by atoms with Crippen LogP contribution in [0, 0.1) is 13.8 Å². The van der Waals surface area contributed by atoms with Gasteiger partial charge in [-0.05, 0) is 51.3 Å². The summed E-state index contributed by atoms with van der Waals surface area (Å²) in [5, 5.41) is 6.58. The number of pyridine rings is 1. The zero-order chi connectivity index (χ0) is 17.1. The molecule has 0 aliphatic heterocycles. The number of aliphatic imine (C=N–C) groups is 1. The molecule has 122 valence electrons. The highest BCUT2D eigenvalue weighted by molar-refractivity contribution is 7.14. The predicted octanol–water partition coefficient (Wildman–Crippen LogP) is 5.21. The molecule has 3 aromatic rings. The number of fused-ring (bicyclic) bond motifs is 1. The maximum Gasteiger partial charge on any atom is 0.137 e. The lowest BCUT2D eigenvalue weighted by Crippen LogP contribution is -1.94. The van der Waals surface area contributed by atoms with Crippen LogP contribution in [0.3, 0.4) is 0 Å². The minimum atomic E-state index is 0.909. The molecule has 3 rings (SSSR count). The number of aryl methyl sites for hydroxylation is 2. The molecule has 0 bridgehead atoms. The molecule has 0 saturated heterocycles. The highest BCUT2D eigenvalue weighted by Gasteiger charge is 2.13. The fraction of sp³-hybridized carbons (Fsp3) is 0.158. The first-order chi connectivity index (χ1) is 11.6. The molecule has 0 atom stereocenters. The predicted molar refractivity (Wildman–Crippen MR) is 104 cm³/mol. The molecule has 0 spiro atoms. The van der Waals surface area contributed by atoms with E-state index >= 15 is 0 Å². The summed E-state index contributed by atoms with van der Waals surface area (Å²) in [4.78, 5) is 8.50. The molecular weight excluding hydrogens is 316 g/mol. The summed E-state index contributed by atoms with van der Waals surface area (Å²) in [6, 6.07) is 6.28. The average Bonchev–Trinajstić information content (AvgIpc) is 3.11. The molecule has 0 saturated carbocycles. The molecule has 0 amide bonds. The molecule has 0 aliphatic carbocycles. The van der Waals surface area contributed by atoms with Crippen molar-refractivity contribution < 1.29 is 0 Å². The van der Waals surface area contributed by atoms with Crippen LogP contribution in [0.1, 0.15) is 18.2 Å². The van der Waals surface area contributed by atoms with Crippen molar-refractivity contribution in [1.82, 2.24) is 9.38 Å². The van der Waals surface area contributed by atoms with Gasteiger partial charge in [0, 0.05) is 23.3 Å². The van der Waals surface area contributed by atoms with Gasteiger partial charge in [0.15, 0.2) is 0 Å². The van der Waals surface area contributed by atoms with Crippen molar-refractivity contribution in [3.8, 4) is 11.3 Å². The molecule has 4 nitrogen and oxygen atoms in total. The third kappa shape index (κ3) is 3.16. The summed E-state index contributed by atoms with van der Waals surface area (Å²) in [5.41, 5.74) is 6.42. The van der Waals surface area contributed by atoms with E-state index in [1.165, 1.54) is 5.56 Å². The molecule has 1 N–H and O–H groups in total. The van der Waals surface area contributed by atoms with Gasteiger partial charge >= 0.3 is 0 Å². The minimum Gasteiger partial charge on any atom is -0.346 e. The summed E-state index contributed by atoms with van der Waals surface area (Å²) < 4.78 is 2.16. The third-order valence-corrected chi connectivity index (χ3v) is 4.50. The van der Waals surface area contributed by atoms with Crippen LogP contribution in [-0.2, 0) is 0 Å². The Morgan fingerprint density at radius 3 is 2.96 bits per heavy atom. The van der Waals surface area contributed by atoms with Crippen molar-refractivity contribution in [3.63, 3.8) is 0 Å². The van der Waals surface area contributed by atoms with Gasteiger partial charge < -0.3 is 5.32 Å². The van der Waals surface area contributed by atoms with Crippen LogP contribution in [0.4, 0.5) is 5.00 Å². The number of thiophene rings is 1. The number of nitrogens with zero attached hydrogens (tertiary/aromatic N) is 3. The standard InChI is InChI=1S/C19H20N4S/c1-5-6-16(10-20-4)22-18-9-15(12-24-18)19-14(3)21-17-8-7-13(2)11-23(17)19/h5-12,22H,4H2,1-3H3/b6-5-,16-10+. The van der Waals surface area contributed by atoms with Gasteiger partial charge in [0.05, 0.1) is 22.1 Å². The Bertz CT molecular complexity index is 944. The van der Waals surface area contributed by atoms with E-state index in [-0.39, 0.29) is 0 Å². The van der Waals surface area contributed by atoms with Crippen LogP contribution in [0.2, 0.25) is 0 Å². The Balaban J connectivity index is 1.99. The van der Waals surface area contributed by atoms with Crippen molar-refractivity contribution in [2.45, 2.75) is 20.8 Å². The Morgan fingerprint density at radius 1 is 1.38 bits per heavy atom. The second kappa shape index (κ2) is 6.84. The van der Waals surface area contributed by atoms with Gasteiger partial charge in [-0.2, -0.15) is 0 Å². The van der Waals surface area contributed by atoms with E-state index < -0.39 is 0 Å². The summed E-state index contributed by atoms with van der Waals surface area (Å²) >= 11 is 1.66. The Hall–Kier alpha value is -2.66. The van der Waals surface area contributed by atoms with Crippen molar-refractivity contribution in [3.05, 3.63) is 65.1 Å². The maximum absolute atomic E-state index is 4.66. The second-order valence-corrected chi connectivity index (χ2v) is 6.48. The van der Waals surface area contributed by atoms with Crippen LogP contribution in [0.25, 0.3) is 16.9 Å². The first-order valence-electron chi connectivity index (χ1n) is 7.72. The third-order valence-electron chi connectivity index (χ3n) is 3.66. The fourth-order valence-electron chi connectivity index (χ4n) is 2.68. The quantitative estimate of drug-likeness (QED) is 0.513. The smallest absolute Gasteiger partial charge is 0.137 e. The lowest BCUT2D eigenvalue weighted by molar-refractivity contribution is 1.16. The number of nitrogens with one attached hydrogen (secondary N) is 1. The molecule has 0 aliphatic rings. The first-order valence-corrected chi connectivity index (χ1v) is 8.60. The number of allylic oxidation sites excluding steroid dienone is 2. The van der Waals surface area contributed by atoms with E-state index in [1.807, 2.05) is 19.1 Å². The van der Waals surface area contributed by atoms with Gasteiger partial charge in [0.1, 0.15) is 5.65 Å². The maximum atomic E-state index is 4.66. The van der Waals surface area contributed by atoms with Gasteiger partial charge in [0.2, 0.25) is 0 Å². The van der Waals surface area contributed by atoms with E-state index in [0.29, 0.717) is 0 Å². The number of rotatable bonds is 5. The van der Waals surface area contributed by atoms with E-state index in [9.17, 15) is 0 Å². The number of imidazole rings is 1. The number of hydrogen-bond acceptors (Lipinski definition) is 4.